The first-order chi connectivity index (χ1) is 5.20. The van der Waals surface area contributed by atoms with Crippen molar-refractivity contribution in [1.29, 1.82) is 0 Å². The summed E-state index contributed by atoms with van der Waals surface area (Å²) in [6.07, 6.45) is 0. The topological polar surface area (TPSA) is 199 Å². The molecule has 0 heterocycles. The SMILES string of the molecule is O=[N+]([O-])[O-].O=[N+]([O-])[O-].O=[N+]([O-])[O-].[Pd]. The minimum atomic E-state index is -1.75. The molecule has 0 radical (unpaired) electrons. The summed E-state index contributed by atoms with van der Waals surface area (Å²) in [6, 6.07) is 0. The summed E-state index contributed by atoms with van der Waals surface area (Å²) in [5, 5.41) is 44.2. The fraction of sp³-hybridized carbons (Fsp3) is 0. The zero-order chi connectivity index (χ0) is 10.7. The molecule has 0 rings (SSSR count). The zero-order valence-corrected chi connectivity index (χ0v) is 6.89. The van der Waals surface area contributed by atoms with Gasteiger partial charge in [0, 0.05) is 20.4 Å². The van der Waals surface area contributed by atoms with E-state index in [9.17, 15) is 0 Å². The van der Waals surface area contributed by atoms with Crippen LogP contribution in [0.1, 0.15) is 0 Å². The maximum absolute atomic E-state index is 8.25. The third kappa shape index (κ3) is 232. The number of hydrogen-bond acceptors (Lipinski definition) is 9. The second kappa shape index (κ2) is 16.7. The summed E-state index contributed by atoms with van der Waals surface area (Å²) >= 11 is 0. The zero-order valence-electron chi connectivity index (χ0n) is 5.33. The van der Waals surface area contributed by atoms with Crippen LogP contribution in [-0.2, 0) is 20.4 Å². The molecule has 0 aromatic rings. The van der Waals surface area contributed by atoms with Crippen LogP contribution >= 0.6 is 0 Å². The van der Waals surface area contributed by atoms with Crippen LogP contribution < -0.4 is 0 Å². The quantitative estimate of drug-likeness (QED) is 0.313. The van der Waals surface area contributed by atoms with E-state index in [1.807, 2.05) is 0 Å². The first-order valence-electron chi connectivity index (χ1n) is 1.64. The average molecular weight is 292 g/mol. The summed E-state index contributed by atoms with van der Waals surface area (Å²) in [4.78, 5) is 24.8. The molecule has 0 aliphatic heterocycles. The first kappa shape index (κ1) is 22.5. The van der Waals surface area contributed by atoms with Crippen molar-refractivity contribution >= 4 is 0 Å². The number of rotatable bonds is 0. The van der Waals surface area contributed by atoms with Crippen molar-refractivity contribution in [2.75, 3.05) is 0 Å². The minimum absolute atomic E-state index is 0. The van der Waals surface area contributed by atoms with E-state index < -0.39 is 15.3 Å². The number of nitrogens with zero attached hydrogens (tertiary/aromatic N) is 3. The molecule has 0 spiro atoms. The van der Waals surface area contributed by atoms with Crippen molar-refractivity contribution in [1.82, 2.24) is 0 Å². The smallest absolute Gasteiger partial charge is 0.0689 e. The van der Waals surface area contributed by atoms with Crippen molar-refractivity contribution in [2.45, 2.75) is 0 Å². The molecule has 0 fully saturated rings. The van der Waals surface area contributed by atoms with Crippen molar-refractivity contribution in [3.8, 4) is 0 Å². The van der Waals surface area contributed by atoms with Gasteiger partial charge in [-0.2, -0.15) is 0 Å². The Balaban J connectivity index is -0.0000000450. The Hall–Kier alpha value is -1.74. The Morgan fingerprint density at radius 1 is 0.538 bits per heavy atom. The van der Waals surface area contributed by atoms with E-state index in [2.05, 4.69) is 0 Å². The van der Waals surface area contributed by atoms with E-state index in [1.54, 1.807) is 0 Å². The Morgan fingerprint density at radius 3 is 0.538 bits per heavy atom. The van der Waals surface area contributed by atoms with Gasteiger partial charge in [0.05, 0.1) is 15.3 Å². The van der Waals surface area contributed by atoms with Gasteiger partial charge in [-0.05, 0) is 0 Å². The first-order valence-corrected chi connectivity index (χ1v) is 1.64. The Bertz CT molecular complexity index is 112. The molecule has 0 unspecified atom stereocenters. The predicted octanol–water partition coefficient (Wildman–Crippen LogP) is -0.720. The van der Waals surface area contributed by atoms with Gasteiger partial charge in [0.1, 0.15) is 0 Å². The van der Waals surface area contributed by atoms with Crippen LogP contribution in [0, 0.1) is 46.0 Å². The number of hydrogen-bond donors (Lipinski definition) is 0. The average Bonchev–Trinajstić information content (AvgIpc) is 1.54. The van der Waals surface area contributed by atoms with E-state index in [0.717, 1.165) is 0 Å². The van der Waals surface area contributed by atoms with Gasteiger partial charge >= 0.3 is 0 Å². The molecule has 0 aliphatic carbocycles. The van der Waals surface area contributed by atoms with Crippen molar-refractivity contribution in [3.05, 3.63) is 46.0 Å². The van der Waals surface area contributed by atoms with E-state index >= 15 is 0 Å². The van der Waals surface area contributed by atoms with Gasteiger partial charge in [-0.15, -0.1) is 0 Å². The molecule has 0 saturated carbocycles. The molecule has 0 aliphatic rings. The van der Waals surface area contributed by atoms with Gasteiger partial charge in [-0.25, -0.2) is 0 Å². The molecule has 0 aromatic heterocycles. The molecule has 12 nitrogen and oxygen atoms in total. The third-order valence-corrected chi connectivity index (χ3v) is 0. The summed E-state index contributed by atoms with van der Waals surface area (Å²) in [6.45, 7) is 0. The second-order valence-corrected chi connectivity index (χ2v) is 0.671. The molecule has 13 heteroatoms. The van der Waals surface area contributed by atoms with E-state index in [-0.39, 0.29) is 20.4 Å². The van der Waals surface area contributed by atoms with Crippen LogP contribution in [0.15, 0.2) is 0 Å². The van der Waals surface area contributed by atoms with Gasteiger partial charge in [0.15, 0.2) is 0 Å². The largest absolute Gasteiger partial charge is 0.356 e. The molecule has 0 aromatic carbocycles. The van der Waals surface area contributed by atoms with Gasteiger partial charge in [0.25, 0.3) is 0 Å². The molecule has 82 valence electrons. The molecule has 0 amide bonds. The van der Waals surface area contributed by atoms with Crippen molar-refractivity contribution < 1.29 is 35.7 Å². The van der Waals surface area contributed by atoms with Crippen molar-refractivity contribution in [3.63, 3.8) is 0 Å². The van der Waals surface area contributed by atoms with E-state index in [0.29, 0.717) is 0 Å². The van der Waals surface area contributed by atoms with Crippen LogP contribution in [0.25, 0.3) is 0 Å². The predicted molar refractivity (Wildman–Crippen MR) is 31.1 cm³/mol. The van der Waals surface area contributed by atoms with Gasteiger partial charge in [-0.1, -0.05) is 0 Å². The second-order valence-electron chi connectivity index (χ2n) is 0.671. The van der Waals surface area contributed by atoms with Gasteiger partial charge in [0.2, 0.25) is 0 Å². The van der Waals surface area contributed by atoms with Crippen LogP contribution in [0.3, 0.4) is 0 Å². The third-order valence-electron chi connectivity index (χ3n) is 0. The van der Waals surface area contributed by atoms with Gasteiger partial charge in [-0.3, -0.25) is 0 Å². The fourth-order valence-electron chi connectivity index (χ4n) is 0. The standard InChI is InChI=1S/3NO3.Pd/c3*2-1(3)4;/q3*-1;. The van der Waals surface area contributed by atoms with Gasteiger partial charge < -0.3 is 46.0 Å². The maximum atomic E-state index is 8.25. The van der Waals surface area contributed by atoms with Crippen molar-refractivity contribution in [2.24, 2.45) is 0 Å². The molecular weight excluding hydrogens is 292 g/mol. The Morgan fingerprint density at radius 2 is 0.538 bits per heavy atom. The molecule has 0 N–H and O–H groups in total. The Labute approximate surface area is 82.4 Å². The van der Waals surface area contributed by atoms with Crippen LogP contribution in [0.5, 0.6) is 0 Å². The minimum Gasteiger partial charge on any atom is -0.356 e. The molecule has 0 bridgehead atoms. The fourth-order valence-corrected chi connectivity index (χ4v) is 0. The van der Waals surface area contributed by atoms with Crippen LogP contribution in [-0.4, -0.2) is 15.3 Å². The summed E-state index contributed by atoms with van der Waals surface area (Å²) in [5.41, 5.74) is 0. The van der Waals surface area contributed by atoms with Crippen LogP contribution in [0.4, 0.5) is 0 Å². The molecule has 13 heavy (non-hydrogen) atoms. The molecule has 0 atom stereocenters. The van der Waals surface area contributed by atoms with E-state index in [1.165, 1.54) is 0 Å². The Kier molecular flexibility index (Phi) is 28.9. The molecular formula is N3O9Pd-3. The normalized spacial score (nSPS) is 5.54. The molecule has 0 saturated heterocycles. The summed E-state index contributed by atoms with van der Waals surface area (Å²) in [5.74, 6) is 0. The summed E-state index contributed by atoms with van der Waals surface area (Å²) < 4.78 is 0. The van der Waals surface area contributed by atoms with Crippen LogP contribution in [0.2, 0.25) is 0 Å². The van der Waals surface area contributed by atoms with E-state index in [4.69, 9.17) is 46.0 Å². The monoisotopic (exact) mass is 292 g/mol. The summed E-state index contributed by atoms with van der Waals surface area (Å²) in [7, 11) is 0. The maximum Gasteiger partial charge on any atom is 0.0689 e.